The molecule has 1 aromatic carbocycles. The number of benzene rings is 1. The highest BCUT2D eigenvalue weighted by molar-refractivity contribution is 5.83. The van der Waals surface area contributed by atoms with Gasteiger partial charge in [-0.2, -0.15) is 5.10 Å². The molecule has 4 aromatic rings. The molecule has 3 aromatic heterocycles. The number of imidazole rings is 1. The molecule has 0 saturated carbocycles. The van der Waals surface area contributed by atoms with Crippen molar-refractivity contribution in [2.24, 2.45) is 0 Å². The Balaban J connectivity index is 1.47. The first-order valence-corrected chi connectivity index (χ1v) is 9.54. The topological polar surface area (TPSA) is 117 Å². The van der Waals surface area contributed by atoms with Crippen molar-refractivity contribution in [2.75, 3.05) is 12.3 Å². The third-order valence-electron chi connectivity index (χ3n) is 5.13. The number of hydrogen-bond donors (Lipinski definition) is 2. The highest BCUT2D eigenvalue weighted by Gasteiger charge is 2.28. The Bertz CT molecular complexity index is 1140. The van der Waals surface area contributed by atoms with Crippen LogP contribution < -0.4 is 5.73 Å². The Morgan fingerprint density at radius 1 is 1.17 bits per heavy atom. The maximum atomic E-state index is 9.33. The number of ether oxygens (including phenoxy) is 1. The van der Waals surface area contributed by atoms with Crippen LogP contribution in [-0.4, -0.2) is 47.1 Å². The Morgan fingerprint density at radius 3 is 2.83 bits per heavy atom. The number of anilines is 1. The van der Waals surface area contributed by atoms with E-state index in [1.807, 2.05) is 33.6 Å². The molecule has 0 bridgehead atoms. The van der Waals surface area contributed by atoms with Gasteiger partial charge in [-0.25, -0.2) is 15.0 Å². The van der Waals surface area contributed by atoms with E-state index in [4.69, 9.17) is 15.5 Å². The number of aliphatic hydroxyl groups is 1. The van der Waals surface area contributed by atoms with Gasteiger partial charge in [-0.05, 0) is 18.4 Å². The number of rotatable bonds is 5. The summed E-state index contributed by atoms with van der Waals surface area (Å²) < 4.78 is 9.58. The minimum absolute atomic E-state index is 0.00605. The Morgan fingerprint density at radius 2 is 2.03 bits per heavy atom. The zero-order valence-electron chi connectivity index (χ0n) is 15.7. The van der Waals surface area contributed by atoms with Crippen LogP contribution in [-0.2, 0) is 11.3 Å². The number of aliphatic hydroxyl groups excluding tert-OH is 1. The van der Waals surface area contributed by atoms with Gasteiger partial charge in [-0.3, -0.25) is 9.25 Å². The Kier molecular flexibility index (Phi) is 4.45. The number of aromatic nitrogens is 6. The molecule has 3 N–H and O–H groups in total. The van der Waals surface area contributed by atoms with Gasteiger partial charge in [0.25, 0.3) is 0 Å². The normalized spacial score (nSPS) is 19.2. The van der Waals surface area contributed by atoms with E-state index in [1.165, 1.54) is 0 Å². The number of nitrogens with zero attached hydrogens (tertiary/aromatic N) is 6. The Labute approximate surface area is 166 Å². The molecule has 1 saturated heterocycles. The van der Waals surface area contributed by atoms with Crippen molar-refractivity contribution in [3.8, 4) is 11.4 Å². The summed E-state index contributed by atoms with van der Waals surface area (Å²) in [6.07, 6.45) is 6.50. The van der Waals surface area contributed by atoms with Crippen LogP contribution in [0.15, 0.2) is 49.1 Å². The van der Waals surface area contributed by atoms with E-state index < -0.39 is 0 Å². The molecule has 2 atom stereocenters. The minimum atomic E-state index is -0.222. The van der Waals surface area contributed by atoms with E-state index in [-0.39, 0.29) is 18.9 Å². The van der Waals surface area contributed by atoms with E-state index in [0.717, 1.165) is 24.0 Å². The first kappa shape index (κ1) is 17.8. The molecule has 0 amide bonds. The molecule has 1 fully saturated rings. The fraction of sp³-hybridized carbons (Fsp3) is 0.300. The van der Waals surface area contributed by atoms with Gasteiger partial charge >= 0.3 is 0 Å². The maximum absolute atomic E-state index is 9.33. The largest absolute Gasteiger partial charge is 0.394 e. The molecular formula is C20H21N7O2. The van der Waals surface area contributed by atoms with Crippen LogP contribution in [0.4, 0.5) is 5.82 Å². The predicted molar refractivity (Wildman–Crippen MR) is 107 cm³/mol. The Hall–Kier alpha value is -3.30. The molecule has 1 aliphatic rings. The van der Waals surface area contributed by atoms with Gasteiger partial charge in [-0.15, -0.1) is 0 Å². The summed E-state index contributed by atoms with van der Waals surface area (Å²) in [5.41, 5.74) is 9.26. The molecule has 9 nitrogen and oxygen atoms in total. The van der Waals surface area contributed by atoms with E-state index in [0.29, 0.717) is 29.4 Å². The average Bonchev–Trinajstić information content (AvgIpc) is 3.47. The summed E-state index contributed by atoms with van der Waals surface area (Å²) in [4.78, 5) is 13.5. The molecule has 29 heavy (non-hydrogen) atoms. The predicted octanol–water partition coefficient (Wildman–Crippen LogP) is 1.99. The van der Waals surface area contributed by atoms with Crippen LogP contribution in [0, 0.1) is 0 Å². The summed E-state index contributed by atoms with van der Waals surface area (Å²) in [5.74, 6) is 0.809. The van der Waals surface area contributed by atoms with Crippen molar-refractivity contribution in [2.45, 2.75) is 31.7 Å². The lowest BCUT2D eigenvalue weighted by Crippen LogP contribution is -2.14. The van der Waals surface area contributed by atoms with Gasteiger partial charge in [0.05, 0.1) is 37.3 Å². The first-order chi connectivity index (χ1) is 14.2. The van der Waals surface area contributed by atoms with Crippen molar-refractivity contribution < 1.29 is 9.84 Å². The molecule has 148 valence electrons. The van der Waals surface area contributed by atoms with Crippen LogP contribution in [0.5, 0.6) is 0 Å². The lowest BCUT2D eigenvalue weighted by molar-refractivity contribution is -0.0207. The summed E-state index contributed by atoms with van der Waals surface area (Å²) in [6, 6.07) is 10.1. The molecule has 0 radical (unpaired) electrons. The molecule has 5 rings (SSSR count). The number of fused-ring (bicyclic) bond motifs is 1. The van der Waals surface area contributed by atoms with Gasteiger partial charge in [-0.1, -0.05) is 30.3 Å². The first-order valence-electron chi connectivity index (χ1n) is 9.54. The quantitative estimate of drug-likeness (QED) is 0.534. The van der Waals surface area contributed by atoms with Crippen LogP contribution in [0.2, 0.25) is 0 Å². The van der Waals surface area contributed by atoms with Gasteiger partial charge < -0.3 is 15.6 Å². The second-order valence-corrected chi connectivity index (χ2v) is 7.14. The molecular weight excluding hydrogens is 370 g/mol. The molecule has 0 spiro atoms. The summed E-state index contributed by atoms with van der Waals surface area (Å²) >= 11 is 0. The number of hydrogen-bond acceptors (Lipinski definition) is 7. The monoisotopic (exact) mass is 391 g/mol. The van der Waals surface area contributed by atoms with Gasteiger partial charge in [0.15, 0.2) is 17.3 Å². The van der Waals surface area contributed by atoms with Gasteiger partial charge in [0.1, 0.15) is 11.7 Å². The third kappa shape index (κ3) is 3.34. The van der Waals surface area contributed by atoms with E-state index >= 15 is 0 Å². The molecule has 0 aliphatic carbocycles. The maximum Gasteiger partial charge on any atom is 0.168 e. The molecule has 2 unspecified atom stereocenters. The third-order valence-corrected chi connectivity index (χ3v) is 5.13. The molecule has 9 heteroatoms. The second kappa shape index (κ2) is 7.26. The van der Waals surface area contributed by atoms with Crippen molar-refractivity contribution in [1.82, 2.24) is 29.3 Å². The van der Waals surface area contributed by atoms with Crippen molar-refractivity contribution in [3.63, 3.8) is 0 Å². The van der Waals surface area contributed by atoms with Crippen LogP contribution >= 0.6 is 0 Å². The fourth-order valence-electron chi connectivity index (χ4n) is 3.64. The van der Waals surface area contributed by atoms with Crippen LogP contribution in [0.3, 0.4) is 0 Å². The van der Waals surface area contributed by atoms with E-state index in [1.54, 1.807) is 12.5 Å². The standard InChI is InChI=1S/C20H21N7O2/c21-18-17-20(27(12-22-17)16-7-6-15(11-28)29-16)25-19(24-18)14-8-23-26(10-14)9-13-4-2-1-3-5-13/h1-5,8,10,12,15-16,28H,6-7,9,11H2,(H2,21,24,25). The zero-order chi connectivity index (χ0) is 19.8. The van der Waals surface area contributed by atoms with Crippen LogP contribution in [0.1, 0.15) is 24.6 Å². The summed E-state index contributed by atoms with van der Waals surface area (Å²) in [5, 5.41) is 13.8. The lowest BCUT2D eigenvalue weighted by Gasteiger charge is -2.14. The van der Waals surface area contributed by atoms with Crippen molar-refractivity contribution >= 4 is 17.0 Å². The molecule has 4 heterocycles. The lowest BCUT2D eigenvalue weighted by atomic mass is 10.2. The van der Waals surface area contributed by atoms with E-state index in [2.05, 4.69) is 27.2 Å². The smallest absolute Gasteiger partial charge is 0.168 e. The highest BCUT2D eigenvalue weighted by atomic mass is 16.5. The zero-order valence-corrected chi connectivity index (χ0v) is 15.7. The van der Waals surface area contributed by atoms with E-state index in [9.17, 15) is 5.11 Å². The SMILES string of the molecule is Nc1nc(-c2cnn(Cc3ccccc3)c2)nc2c1ncn2C1CCC(CO)O1. The number of nitrogens with two attached hydrogens (primary N) is 1. The average molecular weight is 391 g/mol. The van der Waals surface area contributed by atoms with Gasteiger partial charge in [0.2, 0.25) is 0 Å². The van der Waals surface area contributed by atoms with Crippen LogP contribution in [0.25, 0.3) is 22.6 Å². The fourth-order valence-corrected chi connectivity index (χ4v) is 3.64. The molecule has 1 aliphatic heterocycles. The minimum Gasteiger partial charge on any atom is -0.394 e. The number of nitrogen functional groups attached to an aromatic ring is 1. The van der Waals surface area contributed by atoms with Gasteiger partial charge in [0, 0.05) is 6.20 Å². The summed E-state index contributed by atoms with van der Waals surface area (Å²) in [7, 11) is 0. The second-order valence-electron chi connectivity index (χ2n) is 7.14. The van der Waals surface area contributed by atoms with Crippen molar-refractivity contribution in [1.29, 1.82) is 0 Å². The highest BCUT2D eigenvalue weighted by Crippen LogP contribution is 2.31. The van der Waals surface area contributed by atoms with Crippen molar-refractivity contribution in [3.05, 3.63) is 54.6 Å². The summed E-state index contributed by atoms with van der Waals surface area (Å²) in [6.45, 7) is 0.668.